The summed E-state index contributed by atoms with van der Waals surface area (Å²) in [7, 11) is 0. The topological polar surface area (TPSA) is 12.0 Å². The van der Waals surface area contributed by atoms with Crippen molar-refractivity contribution in [3.63, 3.8) is 0 Å². The van der Waals surface area contributed by atoms with Crippen molar-refractivity contribution in [3.05, 3.63) is 35.6 Å². The van der Waals surface area contributed by atoms with Crippen LogP contribution in [-0.2, 0) is 5.41 Å². The van der Waals surface area contributed by atoms with Gasteiger partial charge in [-0.25, -0.2) is 4.39 Å². The molecule has 0 aliphatic rings. The van der Waals surface area contributed by atoms with Gasteiger partial charge in [0.05, 0.1) is 0 Å². The van der Waals surface area contributed by atoms with Crippen molar-refractivity contribution in [1.82, 2.24) is 5.32 Å². The van der Waals surface area contributed by atoms with E-state index >= 15 is 0 Å². The van der Waals surface area contributed by atoms with Gasteiger partial charge in [0.25, 0.3) is 0 Å². The SMILES string of the molecule is CCNC(CCCC(C)C)C(C)(C)c1ccc(F)cc1. The lowest BCUT2D eigenvalue weighted by Crippen LogP contribution is -2.44. The molecule has 114 valence electrons. The zero-order valence-corrected chi connectivity index (χ0v) is 13.7. The van der Waals surface area contributed by atoms with Crippen LogP contribution in [0.1, 0.15) is 59.4 Å². The highest BCUT2D eigenvalue weighted by molar-refractivity contribution is 5.26. The van der Waals surface area contributed by atoms with E-state index in [4.69, 9.17) is 0 Å². The summed E-state index contributed by atoms with van der Waals surface area (Å²) in [4.78, 5) is 0. The lowest BCUT2D eigenvalue weighted by molar-refractivity contribution is 0.313. The molecule has 0 fully saturated rings. The normalized spacial score (nSPS) is 13.8. The largest absolute Gasteiger partial charge is 0.313 e. The fraction of sp³-hybridized carbons (Fsp3) is 0.667. The molecule has 0 amide bonds. The Labute approximate surface area is 124 Å². The van der Waals surface area contributed by atoms with E-state index < -0.39 is 0 Å². The van der Waals surface area contributed by atoms with Crippen LogP contribution < -0.4 is 5.32 Å². The number of halogens is 1. The van der Waals surface area contributed by atoms with Gasteiger partial charge in [-0.3, -0.25) is 0 Å². The number of nitrogens with one attached hydrogen (secondary N) is 1. The molecule has 1 nitrogen and oxygen atoms in total. The van der Waals surface area contributed by atoms with Gasteiger partial charge >= 0.3 is 0 Å². The van der Waals surface area contributed by atoms with Crippen molar-refractivity contribution in [1.29, 1.82) is 0 Å². The molecule has 1 atom stereocenters. The predicted octanol–water partition coefficient (Wildman–Crippen LogP) is 4.91. The van der Waals surface area contributed by atoms with Crippen molar-refractivity contribution >= 4 is 0 Å². The van der Waals surface area contributed by atoms with E-state index in [9.17, 15) is 4.39 Å². The molecule has 0 saturated carbocycles. The molecule has 0 aliphatic heterocycles. The molecule has 1 aromatic carbocycles. The molecule has 0 aromatic heterocycles. The first-order valence-corrected chi connectivity index (χ1v) is 7.87. The minimum atomic E-state index is -0.163. The summed E-state index contributed by atoms with van der Waals surface area (Å²) in [6.45, 7) is 12.2. The Hall–Kier alpha value is -0.890. The first-order chi connectivity index (χ1) is 9.37. The molecule has 0 radical (unpaired) electrons. The number of hydrogen-bond donors (Lipinski definition) is 1. The molecule has 1 aromatic rings. The molecule has 1 unspecified atom stereocenters. The van der Waals surface area contributed by atoms with E-state index in [2.05, 4.69) is 39.9 Å². The quantitative estimate of drug-likeness (QED) is 0.713. The van der Waals surface area contributed by atoms with Crippen LogP contribution in [0.5, 0.6) is 0 Å². The lowest BCUT2D eigenvalue weighted by atomic mass is 9.75. The summed E-state index contributed by atoms with van der Waals surface area (Å²) >= 11 is 0. The zero-order chi connectivity index (χ0) is 15.2. The maximum Gasteiger partial charge on any atom is 0.123 e. The smallest absolute Gasteiger partial charge is 0.123 e. The van der Waals surface area contributed by atoms with Crippen molar-refractivity contribution < 1.29 is 4.39 Å². The minimum absolute atomic E-state index is 0.0146. The average molecular weight is 279 g/mol. The molecule has 0 spiro atoms. The second-order valence-electron chi connectivity index (χ2n) is 6.66. The van der Waals surface area contributed by atoms with Gasteiger partial charge in [-0.15, -0.1) is 0 Å². The Morgan fingerprint density at radius 2 is 1.70 bits per heavy atom. The zero-order valence-electron chi connectivity index (χ0n) is 13.7. The maximum absolute atomic E-state index is 13.1. The standard InChI is InChI=1S/C18H30FN/c1-6-20-17(9-7-8-14(2)3)18(4,5)15-10-12-16(19)13-11-15/h10-14,17,20H,6-9H2,1-5H3. The number of benzene rings is 1. The molecule has 1 N–H and O–H groups in total. The van der Waals surface area contributed by atoms with Crippen molar-refractivity contribution in [2.24, 2.45) is 5.92 Å². The first-order valence-electron chi connectivity index (χ1n) is 7.87. The lowest BCUT2D eigenvalue weighted by Gasteiger charge is -2.36. The van der Waals surface area contributed by atoms with Gasteiger partial charge in [-0.1, -0.05) is 59.6 Å². The number of rotatable bonds is 8. The second-order valence-corrected chi connectivity index (χ2v) is 6.66. The highest BCUT2D eigenvalue weighted by Crippen LogP contribution is 2.30. The minimum Gasteiger partial charge on any atom is -0.313 e. The Morgan fingerprint density at radius 1 is 1.10 bits per heavy atom. The van der Waals surface area contributed by atoms with Gasteiger partial charge in [-0.05, 0) is 36.6 Å². The third-order valence-electron chi connectivity index (χ3n) is 4.18. The van der Waals surface area contributed by atoms with Crippen molar-refractivity contribution in [2.75, 3.05) is 6.54 Å². The number of hydrogen-bond acceptors (Lipinski definition) is 1. The van der Waals surface area contributed by atoms with Gasteiger partial charge in [0.15, 0.2) is 0 Å². The van der Waals surface area contributed by atoms with E-state index in [0.29, 0.717) is 6.04 Å². The van der Waals surface area contributed by atoms with Crippen LogP contribution in [-0.4, -0.2) is 12.6 Å². The monoisotopic (exact) mass is 279 g/mol. The maximum atomic E-state index is 13.1. The summed E-state index contributed by atoms with van der Waals surface area (Å²) in [5, 5.41) is 3.62. The van der Waals surface area contributed by atoms with E-state index in [0.717, 1.165) is 18.9 Å². The van der Waals surface area contributed by atoms with Crippen LogP contribution in [0.25, 0.3) is 0 Å². The van der Waals surface area contributed by atoms with E-state index in [1.807, 2.05) is 12.1 Å². The Balaban J connectivity index is 2.79. The first kappa shape index (κ1) is 17.2. The number of likely N-dealkylation sites (N-methyl/N-ethyl adjacent to an activating group) is 1. The fourth-order valence-electron chi connectivity index (χ4n) is 2.78. The van der Waals surface area contributed by atoms with Gasteiger partial charge in [0.2, 0.25) is 0 Å². The second kappa shape index (κ2) is 7.78. The third-order valence-corrected chi connectivity index (χ3v) is 4.18. The molecule has 0 aliphatic carbocycles. The highest BCUT2D eigenvalue weighted by atomic mass is 19.1. The highest BCUT2D eigenvalue weighted by Gasteiger charge is 2.30. The Bertz CT molecular complexity index is 381. The van der Waals surface area contributed by atoms with Gasteiger partial charge < -0.3 is 5.32 Å². The van der Waals surface area contributed by atoms with Crippen molar-refractivity contribution in [3.8, 4) is 0 Å². The summed E-state index contributed by atoms with van der Waals surface area (Å²) in [6, 6.07) is 7.39. The van der Waals surface area contributed by atoms with E-state index in [1.165, 1.54) is 18.4 Å². The predicted molar refractivity (Wildman–Crippen MR) is 85.6 cm³/mol. The van der Waals surface area contributed by atoms with Gasteiger partial charge in [-0.2, -0.15) is 0 Å². The average Bonchev–Trinajstić information content (AvgIpc) is 2.38. The van der Waals surface area contributed by atoms with Gasteiger partial charge in [0, 0.05) is 11.5 Å². The summed E-state index contributed by atoms with van der Waals surface area (Å²) in [5.41, 5.74) is 1.22. The molecule has 1 rings (SSSR count). The van der Waals surface area contributed by atoms with Crippen molar-refractivity contribution in [2.45, 2.75) is 65.3 Å². The summed E-state index contributed by atoms with van der Waals surface area (Å²) in [6.07, 6.45) is 3.66. The van der Waals surface area contributed by atoms with Gasteiger partial charge in [0.1, 0.15) is 5.82 Å². The van der Waals surface area contributed by atoms with Crippen LogP contribution in [0, 0.1) is 11.7 Å². The van der Waals surface area contributed by atoms with Crippen LogP contribution >= 0.6 is 0 Å². The summed E-state index contributed by atoms with van der Waals surface area (Å²) in [5.74, 6) is 0.593. The van der Waals surface area contributed by atoms with E-state index in [1.54, 1.807) is 12.1 Å². The molecule has 0 bridgehead atoms. The fourth-order valence-corrected chi connectivity index (χ4v) is 2.78. The third kappa shape index (κ3) is 4.90. The molecular weight excluding hydrogens is 249 g/mol. The Morgan fingerprint density at radius 3 is 2.20 bits per heavy atom. The van der Waals surface area contributed by atoms with Crippen LogP contribution in [0.2, 0.25) is 0 Å². The molecule has 0 heterocycles. The van der Waals surface area contributed by atoms with Crippen LogP contribution in [0.3, 0.4) is 0 Å². The molecular formula is C18H30FN. The molecule has 2 heteroatoms. The Kier molecular flexibility index (Phi) is 6.67. The van der Waals surface area contributed by atoms with Crippen LogP contribution in [0.15, 0.2) is 24.3 Å². The molecule has 20 heavy (non-hydrogen) atoms. The van der Waals surface area contributed by atoms with Crippen LogP contribution in [0.4, 0.5) is 4.39 Å². The summed E-state index contributed by atoms with van der Waals surface area (Å²) < 4.78 is 13.1. The molecule has 0 saturated heterocycles. The van der Waals surface area contributed by atoms with E-state index in [-0.39, 0.29) is 11.2 Å².